The van der Waals surface area contributed by atoms with Gasteiger partial charge in [-0.15, -0.1) is 5.10 Å². The van der Waals surface area contributed by atoms with Gasteiger partial charge in [0.1, 0.15) is 42.3 Å². The molecule has 0 aliphatic carbocycles. The molecule has 0 fully saturated rings. The summed E-state index contributed by atoms with van der Waals surface area (Å²) in [5.41, 5.74) is 7.46. The maximum absolute atomic E-state index is 14.4. The molecule has 2 aromatic carbocycles. The molecular weight excluding hydrogens is 1210 g/mol. The minimum absolute atomic E-state index is 0.0979. The van der Waals surface area contributed by atoms with Gasteiger partial charge in [0.2, 0.25) is 65.0 Å². The summed E-state index contributed by atoms with van der Waals surface area (Å²) >= 11 is 0. The number of rotatable bonds is 42. The fourth-order valence-electron chi connectivity index (χ4n) is 8.32. The summed E-state index contributed by atoms with van der Waals surface area (Å²) in [4.78, 5) is 204. The number of nitrogens with two attached hydrogens (primary N) is 1. The number of unbranched alkanes of at least 4 members (excludes halogenated alkanes) is 1. The molecule has 8 atom stereocenters. The largest absolute Gasteiger partial charge is 0.481 e. The van der Waals surface area contributed by atoms with Gasteiger partial charge >= 0.3 is 29.8 Å². The lowest BCUT2D eigenvalue weighted by atomic mass is 10.0. The monoisotopic (exact) mass is 1280 g/mol. The van der Waals surface area contributed by atoms with Gasteiger partial charge in [0, 0.05) is 25.6 Å². The molecule has 1 heterocycles. The van der Waals surface area contributed by atoms with E-state index in [0.29, 0.717) is 36.9 Å². The molecule has 18 N–H and O–H groups in total. The van der Waals surface area contributed by atoms with E-state index in [1.54, 1.807) is 71.5 Å². The summed E-state index contributed by atoms with van der Waals surface area (Å²) in [5.74, 6) is -21.0. The number of aromatic nitrogens is 3. The number of aryl methyl sites for hydroxylation is 2. The van der Waals surface area contributed by atoms with Gasteiger partial charge in [-0.25, -0.2) is 0 Å². The number of aliphatic carboxylic acids is 5. The molecule has 0 aliphatic rings. The van der Waals surface area contributed by atoms with Crippen LogP contribution in [0.2, 0.25) is 0 Å². The van der Waals surface area contributed by atoms with Gasteiger partial charge in [0.05, 0.1) is 63.5 Å². The zero-order valence-corrected chi connectivity index (χ0v) is 49.3. The molecule has 0 bridgehead atoms. The Hall–Kier alpha value is -10.9. The molecule has 8 unspecified atom stereocenters. The second-order valence-electron chi connectivity index (χ2n) is 20.2. The highest BCUT2D eigenvalue weighted by Crippen LogP contribution is 2.11. The molecule has 36 nitrogen and oxygen atoms in total. The number of carboxylic acid groups (broad SMARTS) is 5. The highest BCUT2D eigenvalue weighted by molar-refractivity contribution is 6.00. The van der Waals surface area contributed by atoms with Crippen LogP contribution in [0.4, 0.5) is 0 Å². The first-order valence-corrected chi connectivity index (χ1v) is 28.0. The van der Waals surface area contributed by atoms with Crippen LogP contribution >= 0.6 is 0 Å². The molecule has 91 heavy (non-hydrogen) atoms. The molecule has 11 amide bonds. The van der Waals surface area contributed by atoms with Gasteiger partial charge in [-0.3, -0.25) is 81.4 Å². The summed E-state index contributed by atoms with van der Waals surface area (Å²) in [6.07, 6.45) is -2.49. The lowest BCUT2D eigenvalue weighted by Crippen LogP contribution is -2.60. The van der Waals surface area contributed by atoms with Crippen LogP contribution in [0.15, 0.2) is 66.9 Å². The maximum Gasteiger partial charge on any atom is 0.305 e. The highest BCUT2D eigenvalue weighted by Gasteiger charge is 2.36. The Morgan fingerprint density at radius 1 is 0.440 bits per heavy atom. The van der Waals surface area contributed by atoms with E-state index in [-0.39, 0.29) is 19.3 Å². The number of likely N-dealkylation sites (N-methyl/N-ethyl adjacent to an activating group) is 1. The van der Waals surface area contributed by atoms with Gasteiger partial charge in [-0.2, -0.15) is 0 Å². The molecule has 0 saturated heterocycles. The fraction of sp³-hybridized carbons (Fsp3) is 0.455. The number of nitrogens with one attached hydrogen (secondary N) is 11. The van der Waals surface area contributed by atoms with Crippen LogP contribution in [0.25, 0.3) is 0 Å². The molecule has 3 rings (SSSR count). The van der Waals surface area contributed by atoms with Gasteiger partial charge in [-0.1, -0.05) is 72.8 Å². The first-order chi connectivity index (χ1) is 43.1. The Balaban J connectivity index is 1.74. The second kappa shape index (κ2) is 38.4. The minimum Gasteiger partial charge on any atom is -0.481 e. The molecule has 0 spiro atoms. The van der Waals surface area contributed by atoms with Gasteiger partial charge in [0.25, 0.3) is 0 Å². The second-order valence-corrected chi connectivity index (χ2v) is 20.2. The zero-order valence-electron chi connectivity index (χ0n) is 49.3. The SMILES string of the molecule is CCc1cn(CCCCC(NC(=O)C(Cc2ccccc2)NC(=O)C(Cc2ccccc2)NC(=O)C(CC(=O)O)NC(=O)C(CC(=O)O)NC(=O)C(CC(=O)O)NC(=O)CNC(=O)CNC(=O)CNC(=O)C(CC(=O)O)NC(=O)C(CC(=O)O)NC)C(N)=O)nn1. The lowest BCUT2D eigenvalue weighted by Gasteiger charge is -2.27. The molecule has 0 radical (unpaired) electrons. The molecule has 0 saturated carbocycles. The number of benzene rings is 2. The first kappa shape index (κ1) is 74.3. The Morgan fingerprint density at radius 3 is 1.19 bits per heavy atom. The summed E-state index contributed by atoms with van der Waals surface area (Å²) in [5, 5.41) is 79.5. The van der Waals surface area contributed by atoms with Crippen LogP contribution in [-0.2, 0) is 103 Å². The summed E-state index contributed by atoms with van der Waals surface area (Å²) in [6.45, 7) is -0.421. The Kier molecular flexibility index (Phi) is 31.3. The van der Waals surface area contributed by atoms with E-state index < -0.39 is 195 Å². The Morgan fingerprint density at radius 2 is 0.791 bits per heavy atom. The topological polar surface area (TPSA) is 563 Å². The standard InChI is InChI=1S/C55H73N15O21/c1-3-31-28-70(69-68-31)17-11-10-16-32(48(56)84)62-51(87)34(18-29-12-6-4-7-13-29)63-52(88)35(19-30-14-8-5-9-15-30)64-54(90)38(23-46(80)81)67-55(91)39(24-47(82)83)66-53(89)37(22-45(78)79)61-42(73)27-59-40(71)25-58-41(72)26-60-49(85)36(21-44(76)77)65-50(86)33(57-2)20-43(74)75/h4-9,12-15,28,32-39,57H,3,10-11,16-27H2,1-2H3,(H2,56,84)(H,58,72)(H,59,71)(H,60,85)(H,61,73)(H,62,87)(H,63,88)(H,64,90)(H,65,86)(H,66,89)(H,67,91)(H,74,75)(H,76,77)(H,78,79)(H,80,81)(H,82,83). The first-order valence-electron chi connectivity index (χ1n) is 28.0. The number of hydrogen-bond acceptors (Lipinski definition) is 19. The predicted octanol–water partition coefficient (Wildman–Crippen LogP) is -6.31. The third-order valence-corrected chi connectivity index (χ3v) is 13.0. The lowest BCUT2D eigenvalue weighted by molar-refractivity contribution is -0.144. The Labute approximate surface area is 517 Å². The van der Waals surface area contributed by atoms with Crippen molar-refractivity contribution in [2.24, 2.45) is 5.73 Å². The van der Waals surface area contributed by atoms with E-state index >= 15 is 0 Å². The van der Waals surface area contributed by atoms with Crippen LogP contribution in [-0.4, -0.2) is 210 Å². The number of carbonyl (C=O) groups excluding carboxylic acids is 11. The van der Waals surface area contributed by atoms with Crippen LogP contribution in [0, 0.1) is 0 Å². The zero-order chi connectivity index (χ0) is 67.7. The average Bonchev–Trinajstić information content (AvgIpc) is 1.85. The van der Waals surface area contributed by atoms with Crippen molar-refractivity contribution in [2.45, 2.75) is 132 Å². The van der Waals surface area contributed by atoms with E-state index in [2.05, 4.69) is 36.9 Å². The maximum atomic E-state index is 14.4. The van der Waals surface area contributed by atoms with E-state index in [9.17, 15) is 97.1 Å². The molecule has 36 heteroatoms. The Bertz CT molecular complexity index is 3090. The number of carbonyl (C=O) groups is 16. The number of nitrogens with zero attached hydrogens (tertiary/aromatic N) is 3. The average molecular weight is 1280 g/mol. The van der Waals surface area contributed by atoms with E-state index in [4.69, 9.17) is 10.8 Å². The van der Waals surface area contributed by atoms with E-state index in [0.717, 1.165) is 5.69 Å². The number of hydrogen-bond donors (Lipinski definition) is 17. The van der Waals surface area contributed by atoms with Crippen LogP contribution in [0.5, 0.6) is 0 Å². The fourth-order valence-corrected chi connectivity index (χ4v) is 8.32. The summed E-state index contributed by atoms with van der Waals surface area (Å²) < 4.78 is 1.64. The third-order valence-electron chi connectivity index (χ3n) is 13.0. The van der Waals surface area contributed by atoms with Crippen molar-refractivity contribution in [1.82, 2.24) is 73.5 Å². The number of amides is 11. The van der Waals surface area contributed by atoms with Gasteiger partial charge in [0.15, 0.2) is 0 Å². The minimum atomic E-state index is -2.24. The van der Waals surface area contributed by atoms with Crippen LogP contribution < -0.4 is 64.2 Å². The van der Waals surface area contributed by atoms with Crippen molar-refractivity contribution in [3.05, 3.63) is 83.7 Å². The van der Waals surface area contributed by atoms with Crippen molar-refractivity contribution in [2.75, 3.05) is 26.7 Å². The van der Waals surface area contributed by atoms with Gasteiger partial charge < -0.3 is 89.8 Å². The van der Waals surface area contributed by atoms with E-state index in [1.807, 2.05) is 38.8 Å². The number of carboxylic acids is 5. The predicted molar refractivity (Wildman–Crippen MR) is 309 cm³/mol. The van der Waals surface area contributed by atoms with Crippen molar-refractivity contribution in [1.29, 1.82) is 0 Å². The highest BCUT2D eigenvalue weighted by atomic mass is 16.4. The van der Waals surface area contributed by atoms with Crippen molar-refractivity contribution >= 4 is 94.8 Å². The van der Waals surface area contributed by atoms with Crippen molar-refractivity contribution < 1.29 is 102 Å². The smallest absolute Gasteiger partial charge is 0.305 e. The third kappa shape index (κ3) is 28.6. The van der Waals surface area contributed by atoms with Crippen LogP contribution in [0.3, 0.4) is 0 Å². The summed E-state index contributed by atoms with van der Waals surface area (Å²) in [7, 11) is 1.23. The van der Waals surface area contributed by atoms with Crippen molar-refractivity contribution in [3.8, 4) is 0 Å². The van der Waals surface area contributed by atoms with E-state index in [1.165, 1.54) is 7.05 Å². The molecule has 1 aromatic heterocycles. The van der Waals surface area contributed by atoms with Crippen molar-refractivity contribution in [3.63, 3.8) is 0 Å². The van der Waals surface area contributed by atoms with Crippen LogP contribution in [0.1, 0.15) is 75.1 Å². The molecule has 494 valence electrons. The normalized spacial score (nSPS) is 13.4. The van der Waals surface area contributed by atoms with Gasteiger partial charge in [-0.05, 0) is 43.9 Å². The quantitative estimate of drug-likeness (QED) is 0.0235. The molecule has 0 aliphatic heterocycles. The molecular formula is C55H73N15O21. The number of primary amides is 1. The molecule has 3 aromatic rings. The summed E-state index contributed by atoms with van der Waals surface area (Å²) in [6, 6.07) is 2.35.